The van der Waals surface area contributed by atoms with Crippen molar-refractivity contribution >= 4 is 17.7 Å². The Labute approximate surface area is 202 Å². The SMILES string of the molecule is COc1cccc(CN(C)C(=O)CSc2nnc(-c3ccncc3)n2-c2ccccc2)c1OC. The van der Waals surface area contributed by atoms with Gasteiger partial charge in [0.05, 0.1) is 20.0 Å². The van der Waals surface area contributed by atoms with Gasteiger partial charge < -0.3 is 14.4 Å². The summed E-state index contributed by atoms with van der Waals surface area (Å²) in [5.41, 5.74) is 2.69. The third-order valence-corrected chi connectivity index (χ3v) is 6.14. The van der Waals surface area contributed by atoms with Crippen LogP contribution in [0.25, 0.3) is 17.1 Å². The second-order valence-electron chi connectivity index (χ2n) is 7.40. The van der Waals surface area contributed by atoms with Crippen LogP contribution in [0.5, 0.6) is 11.5 Å². The Bertz CT molecular complexity index is 1250. The van der Waals surface area contributed by atoms with Crippen molar-refractivity contribution in [2.45, 2.75) is 11.7 Å². The molecular weight excluding hydrogens is 450 g/mol. The highest BCUT2D eigenvalue weighted by molar-refractivity contribution is 7.99. The number of thioether (sulfide) groups is 1. The molecule has 0 radical (unpaired) electrons. The van der Waals surface area contributed by atoms with Gasteiger partial charge in [0.15, 0.2) is 22.5 Å². The van der Waals surface area contributed by atoms with Crippen molar-refractivity contribution in [1.82, 2.24) is 24.6 Å². The Morgan fingerprint density at radius 2 is 1.74 bits per heavy atom. The molecule has 9 heteroatoms. The molecule has 1 amide bonds. The molecule has 0 atom stereocenters. The summed E-state index contributed by atoms with van der Waals surface area (Å²) >= 11 is 1.35. The molecule has 0 aliphatic rings. The number of nitrogens with zero attached hydrogens (tertiary/aromatic N) is 5. The van der Waals surface area contributed by atoms with E-state index in [1.54, 1.807) is 38.6 Å². The Balaban J connectivity index is 1.53. The standard InChI is InChI=1S/C25H25N5O3S/c1-29(16-19-8-7-11-21(32-2)23(19)33-3)22(31)17-34-25-28-27-24(18-12-14-26-15-13-18)30(25)20-9-5-4-6-10-20/h4-15H,16-17H2,1-3H3. The van der Waals surface area contributed by atoms with E-state index in [-0.39, 0.29) is 11.7 Å². The zero-order chi connectivity index (χ0) is 23.9. The van der Waals surface area contributed by atoms with Crippen LogP contribution in [-0.2, 0) is 11.3 Å². The summed E-state index contributed by atoms with van der Waals surface area (Å²) in [6.45, 7) is 0.396. The molecule has 2 heterocycles. The monoisotopic (exact) mass is 475 g/mol. The third kappa shape index (κ3) is 5.04. The first kappa shape index (κ1) is 23.3. The van der Waals surface area contributed by atoms with E-state index in [1.807, 2.05) is 65.2 Å². The molecule has 174 valence electrons. The van der Waals surface area contributed by atoms with Gasteiger partial charge in [-0.3, -0.25) is 14.3 Å². The third-order valence-electron chi connectivity index (χ3n) is 5.23. The molecule has 0 fully saturated rings. The molecule has 2 aromatic carbocycles. The van der Waals surface area contributed by atoms with E-state index in [0.717, 1.165) is 16.8 Å². The molecule has 0 N–H and O–H groups in total. The van der Waals surface area contributed by atoms with Gasteiger partial charge in [-0.25, -0.2) is 0 Å². The molecule has 4 aromatic rings. The van der Waals surface area contributed by atoms with Gasteiger partial charge in [0.1, 0.15) is 0 Å². The van der Waals surface area contributed by atoms with Gasteiger partial charge in [-0.1, -0.05) is 42.1 Å². The topological polar surface area (TPSA) is 82.4 Å². The zero-order valence-corrected chi connectivity index (χ0v) is 20.0. The zero-order valence-electron chi connectivity index (χ0n) is 19.2. The van der Waals surface area contributed by atoms with Crippen LogP contribution >= 0.6 is 11.8 Å². The summed E-state index contributed by atoms with van der Waals surface area (Å²) in [6.07, 6.45) is 3.44. The average molecular weight is 476 g/mol. The lowest BCUT2D eigenvalue weighted by atomic mass is 10.1. The van der Waals surface area contributed by atoms with Crippen molar-refractivity contribution in [2.75, 3.05) is 27.0 Å². The van der Waals surface area contributed by atoms with Crippen LogP contribution in [0.2, 0.25) is 0 Å². The first-order chi connectivity index (χ1) is 16.6. The number of benzene rings is 2. The van der Waals surface area contributed by atoms with Gasteiger partial charge in [-0.2, -0.15) is 0 Å². The molecule has 4 rings (SSSR count). The number of amides is 1. The van der Waals surface area contributed by atoms with Gasteiger partial charge in [0, 0.05) is 42.8 Å². The molecule has 0 aliphatic carbocycles. The van der Waals surface area contributed by atoms with Crippen LogP contribution in [0.4, 0.5) is 0 Å². The van der Waals surface area contributed by atoms with Gasteiger partial charge in [-0.15, -0.1) is 10.2 Å². The highest BCUT2D eigenvalue weighted by atomic mass is 32.2. The molecule has 2 aromatic heterocycles. The van der Waals surface area contributed by atoms with Gasteiger partial charge in [0.25, 0.3) is 0 Å². The molecule has 0 saturated heterocycles. The predicted molar refractivity (Wildman–Crippen MR) is 131 cm³/mol. The lowest BCUT2D eigenvalue weighted by Crippen LogP contribution is -2.28. The highest BCUT2D eigenvalue weighted by Crippen LogP contribution is 2.32. The number of hydrogen-bond acceptors (Lipinski definition) is 7. The summed E-state index contributed by atoms with van der Waals surface area (Å²) in [5.74, 6) is 2.13. The van der Waals surface area contributed by atoms with E-state index in [0.29, 0.717) is 29.0 Å². The molecule has 0 unspecified atom stereocenters. The Kier molecular flexibility index (Phi) is 7.44. The predicted octanol–water partition coefficient (Wildman–Crippen LogP) is 4.10. The number of pyridine rings is 1. The van der Waals surface area contributed by atoms with Crippen LogP contribution in [0.3, 0.4) is 0 Å². The van der Waals surface area contributed by atoms with E-state index in [4.69, 9.17) is 9.47 Å². The number of methoxy groups -OCH3 is 2. The Morgan fingerprint density at radius 1 is 0.971 bits per heavy atom. The maximum absolute atomic E-state index is 13.0. The molecular formula is C25H25N5O3S. The highest BCUT2D eigenvalue weighted by Gasteiger charge is 2.19. The van der Waals surface area contributed by atoms with E-state index >= 15 is 0 Å². The summed E-state index contributed by atoms with van der Waals surface area (Å²) in [5, 5.41) is 9.42. The van der Waals surface area contributed by atoms with Crippen LogP contribution in [0.1, 0.15) is 5.56 Å². The van der Waals surface area contributed by atoms with Crippen molar-refractivity contribution in [2.24, 2.45) is 0 Å². The Morgan fingerprint density at radius 3 is 2.44 bits per heavy atom. The van der Waals surface area contributed by atoms with Crippen LogP contribution < -0.4 is 9.47 Å². The molecule has 34 heavy (non-hydrogen) atoms. The number of aromatic nitrogens is 4. The number of rotatable bonds is 9. The second kappa shape index (κ2) is 10.8. The first-order valence-electron chi connectivity index (χ1n) is 10.6. The quantitative estimate of drug-likeness (QED) is 0.337. The number of carbonyl (C=O) groups excluding carboxylic acids is 1. The van der Waals surface area contributed by atoms with E-state index < -0.39 is 0 Å². The fourth-order valence-electron chi connectivity index (χ4n) is 3.52. The van der Waals surface area contributed by atoms with Crippen molar-refractivity contribution in [3.05, 3.63) is 78.6 Å². The van der Waals surface area contributed by atoms with E-state index in [2.05, 4.69) is 15.2 Å². The maximum Gasteiger partial charge on any atom is 0.233 e. The van der Waals surface area contributed by atoms with Crippen molar-refractivity contribution < 1.29 is 14.3 Å². The minimum absolute atomic E-state index is 0.0389. The average Bonchev–Trinajstić information content (AvgIpc) is 3.32. The van der Waals surface area contributed by atoms with Crippen molar-refractivity contribution in [3.8, 4) is 28.6 Å². The molecule has 0 saturated carbocycles. The van der Waals surface area contributed by atoms with E-state index in [1.165, 1.54) is 11.8 Å². The summed E-state index contributed by atoms with van der Waals surface area (Å²) < 4.78 is 12.8. The fourth-order valence-corrected chi connectivity index (χ4v) is 4.41. The van der Waals surface area contributed by atoms with Gasteiger partial charge >= 0.3 is 0 Å². The number of carbonyl (C=O) groups is 1. The number of ether oxygens (including phenoxy) is 2. The second-order valence-corrected chi connectivity index (χ2v) is 8.35. The van der Waals surface area contributed by atoms with Crippen molar-refractivity contribution in [1.29, 1.82) is 0 Å². The summed E-state index contributed by atoms with van der Waals surface area (Å²) in [6, 6.07) is 19.3. The van der Waals surface area contributed by atoms with Crippen LogP contribution in [-0.4, -0.2) is 57.6 Å². The molecule has 8 nitrogen and oxygen atoms in total. The fraction of sp³-hybridized carbons (Fsp3) is 0.200. The minimum atomic E-state index is -0.0389. The smallest absolute Gasteiger partial charge is 0.233 e. The maximum atomic E-state index is 13.0. The molecule has 0 bridgehead atoms. The largest absolute Gasteiger partial charge is 0.493 e. The number of hydrogen-bond donors (Lipinski definition) is 0. The molecule has 0 spiro atoms. The minimum Gasteiger partial charge on any atom is -0.493 e. The van der Waals surface area contributed by atoms with Gasteiger partial charge in [0.2, 0.25) is 5.91 Å². The lowest BCUT2D eigenvalue weighted by Gasteiger charge is -2.20. The van der Waals surface area contributed by atoms with Crippen LogP contribution in [0.15, 0.2) is 78.2 Å². The normalized spacial score (nSPS) is 10.7. The number of para-hydroxylation sites is 2. The van der Waals surface area contributed by atoms with Crippen molar-refractivity contribution in [3.63, 3.8) is 0 Å². The molecule has 0 aliphatic heterocycles. The summed E-state index contributed by atoms with van der Waals surface area (Å²) in [7, 11) is 4.96. The lowest BCUT2D eigenvalue weighted by molar-refractivity contribution is -0.127. The van der Waals surface area contributed by atoms with Crippen LogP contribution in [0, 0.1) is 0 Å². The van der Waals surface area contributed by atoms with E-state index in [9.17, 15) is 4.79 Å². The summed E-state index contributed by atoms with van der Waals surface area (Å²) in [4.78, 5) is 18.7. The Hall–Kier alpha value is -3.85. The first-order valence-corrected chi connectivity index (χ1v) is 11.6. The van der Waals surface area contributed by atoms with Gasteiger partial charge in [-0.05, 0) is 30.3 Å².